The second-order valence-electron chi connectivity index (χ2n) is 5.72. The Bertz CT molecular complexity index is 956. The van der Waals surface area contributed by atoms with Crippen molar-refractivity contribution in [2.75, 3.05) is 4.72 Å². The smallest absolute Gasteiger partial charge is 0.239 e. The summed E-state index contributed by atoms with van der Waals surface area (Å²) in [5.41, 5.74) is 0. The summed E-state index contributed by atoms with van der Waals surface area (Å²) in [6.07, 6.45) is 0. The highest BCUT2D eigenvalue weighted by Gasteiger charge is 2.09. The number of hydrogen-bond acceptors (Lipinski definition) is 6. The Balaban J connectivity index is 1.58. The summed E-state index contributed by atoms with van der Waals surface area (Å²) >= 11 is 1.42. The number of nitrogens with one attached hydrogen (secondary N) is 1. The van der Waals surface area contributed by atoms with Crippen molar-refractivity contribution < 1.29 is 9.47 Å². The minimum absolute atomic E-state index is 0.392. The van der Waals surface area contributed by atoms with Gasteiger partial charge in [0.2, 0.25) is 17.7 Å². The van der Waals surface area contributed by atoms with Crippen molar-refractivity contribution in [3.05, 3.63) is 97.1 Å². The number of anilines is 1. The van der Waals surface area contributed by atoms with Crippen LogP contribution in [0.5, 0.6) is 23.3 Å². The highest BCUT2D eigenvalue weighted by atomic mass is 32.2. The Morgan fingerprint density at radius 3 is 1.57 bits per heavy atom. The first-order valence-corrected chi connectivity index (χ1v) is 9.50. The zero-order chi connectivity index (χ0) is 19.0. The number of ether oxygens (including phenoxy) is 2. The van der Waals surface area contributed by atoms with E-state index >= 15 is 0 Å². The predicted molar refractivity (Wildman–Crippen MR) is 111 cm³/mol. The molecule has 0 fully saturated rings. The molecule has 0 saturated heterocycles. The average molecular weight is 387 g/mol. The summed E-state index contributed by atoms with van der Waals surface area (Å²) in [5, 5.41) is 0. The van der Waals surface area contributed by atoms with Crippen LogP contribution in [0.3, 0.4) is 0 Å². The van der Waals surface area contributed by atoms with Gasteiger partial charge in [-0.05, 0) is 48.3 Å². The quantitative estimate of drug-likeness (QED) is 0.382. The highest BCUT2D eigenvalue weighted by molar-refractivity contribution is 8.00. The fraction of sp³-hybridized carbons (Fsp3) is 0. The van der Waals surface area contributed by atoms with Crippen LogP contribution in [0, 0.1) is 0 Å². The molecule has 4 rings (SSSR count). The molecular formula is C22H17N3O2S. The van der Waals surface area contributed by atoms with Crippen molar-refractivity contribution >= 4 is 17.9 Å². The zero-order valence-corrected chi connectivity index (χ0v) is 15.7. The maximum atomic E-state index is 5.87. The second kappa shape index (κ2) is 8.92. The summed E-state index contributed by atoms with van der Waals surface area (Å²) in [6.45, 7) is 0. The van der Waals surface area contributed by atoms with Gasteiger partial charge in [0, 0.05) is 4.90 Å². The molecule has 4 aromatic rings. The van der Waals surface area contributed by atoms with Crippen LogP contribution in [0.4, 0.5) is 5.95 Å². The number of nitrogens with zero attached hydrogens (tertiary/aromatic N) is 2. The number of rotatable bonds is 7. The Kier molecular flexibility index (Phi) is 5.70. The molecule has 1 heterocycles. The molecule has 138 valence electrons. The molecule has 3 aromatic carbocycles. The molecule has 6 heteroatoms. The van der Waals surface area contributed by atoms with Gasteiger partial charge in [0.25, 0.3) is 0 Å². The summed E-state index contributed by atoms with van der Waals surface area (Å²) < 4.78 is 14.9. The lowest BCUT2D eigenvalue weighted by atomic mass is 10.3. The minimum atomic E-state index is 0.392. The van der Waals surface area contributed by atoms with Crippen LogP contribution in [0.1, 0.15) is 0 Å². The van der Waals surface area contributed by atoms with E-state index in [1.807, 2.05) is 91.0 Å². The molecule has 0 aliphatic rings. The summed E-state index contributed by atoms with van der Waals surface area (Å²) in [4.78, 5) is 9.93. The van der Waals surface area contributed by atoms with Gasteiger partial charge < -0.3 is 9.47 Å². The standard InChI is InChI=1S/C22H17N3O2S/c1-4-10-17(11-5-1)26-20-16-21(27-18-12-6-2-7-13-18)24-22(23-20)25-28-19-14-8-3-9-15-19/h1-16H,(H,23,24,25). The summed E-state index contributed by atoms with van der Waals surface area (Å²) in [7, 11) is 0. The van der Waals surface area contributed by atoms with Gasteiger partial charge in [-0.25, -0.2) is 0 Å². The average Bonchev–Trinajstić information content (AvgIpc) is 2.74. The second-order valence-corrected chi connectivity index (χ2v) is 6.60. The highest BCUT2D eigenvalue weighted by Crippen LogP contribution is 2.28. The van der Waals surface area contributed by atoms with Gasteiger partial charge in [0.1, 0.15) is 11.5 Å². The molecule has 0 atom stereocenters. The number of aromatic nitrogens is 2. The van der Waals surface area contributed by atoms with E-state index in [1.165, 1.54) is 11.9 Å². The predicted octanol–water partition coefficient (Wildman–Crippen LogP) is 6.18. The number of para-hydroxylation sites is 2. The normalized spacial score (nSPS) is 10.3. The Morgan fingerprint density at radius 1 is 0.607 bits per heavy atom. The molecule has 0 spiro atoms. The van der Waals surface area contributed by atoms with Crippen LogP contribution >= 0.6 is 11.9 Å². The Labute approximate surface area is 167 Å². The minimum Gasteiger partial charge on any atom is -0.439 e. The van der Waals surface area contributed by atoms with E-state index in [4.69, 9.17) is 9.47 Å². The van der Waals surface area contributed by atoms with E-state index in [1.54, 1.807) is 6.07 Å². The van der Waals surface area contributed by atoms with Crippen molar-refractivity contribution in [2.24, 2.45) is 0 Å². The van der Waals surface area contributed by atoms with Crippen molar-refractivity contribution in [2.45, 2.75) is 4.90 Å². The summed E-state index contributed by atoms with van der Waals surface area (Å²) in [6, 6.07) is 30.5. The Hall–Kier alpha value is -3.51. The van der Waals surface area contributed by atoms with Crippen LogP contribution in [-0.2, 0) is 0 Å². The van der Waals surface area contributed by atoms with Gasteiger partial charge in [0.05, 0.1) is 6.07 Å². The molecule has 0 aliphatic carbocycles. The van der Waals surface area contributed by atoms with E-state index in [2.05, 4.69) is 14.7 Å². The largest absolute Gasteiger partial charge is 0.439 e. The number of benzene rings is 3. The molecule has 0 saturated carbocycles. The fourth-order valence-corrected chi connectivity index (χ4v) is 2.96. The van der Waals surface area contributed by atoms with Gasteiger partial charge in [0.15, 0.2) is 0 Å². The van der Waals surface area contributed by atoms with Crippen molar-refractivity contribution in [1.29, 1.82) is 0 Å². The van der Waals surface area contributed by atoms with E-state index in [-0.39, 0.29) is 0 Å². The van der Waals surface area contributed by atoms with Gasteiger partial charge in [-0.3, -0.25) is 4.72 Å². The van der Waals surface area contributed by atoms with E-state index in [0.29, 0.717) is 29.2 Å². The van der Waals surface area contributed by atoms with Gasteiger partial charge in [-0.1, -0.05) is 54.6 Å². The van der Waals surface area contributed by atoms with Gasteiger partial charge in [-0.2, -0.15) is 9.97 Å². The summed E-state index contributed by atoms with van der Waals surface area (Å²) in [5.74, 6) is 2.56. The molecule has 0 amide bonds. The maximum absolute atomic E-state index is 5.87. The molecule has 0 aliphatic heterocycles. The third kappa shape index (κ3) is 5.02. The van der Waals surface area contributed by atoms with Gasteiger partial charge >= 0.3 is 0 Å². The molecule has 0 bridgehead atoms. The van der Waals surface area contributed by atoms with Crippen molar-refractivity contribution in [1.82, 2.24) is 9.97 Å². The Morgan fingerprint density at radius 2 is 1.07 bits per heavy atom. The van der Waals surface area contributed by atoms with Crippen LogP contribution in [0.2, 0.25) is 0 Å². The molecule has 0 unspecified atom stereocenters. The molecular weight excluding hydrogens is 370 g/mol. The third-order valence-electron chi connectivity index (χ3n) is 3.61. The van der Waals surface area contributed by atoms with E-state index < -0.39 is 0 Å². The molecule has 0 radical (unpaired) electrons. The van der Waals surface area contributed by atoms with E-state index in [9.17, 15) is 0 Å². The van der Waals surface area contributed by atoms with Crippen molar-refractivity contribution in [3.63, 3.8) is 0 Å². The fourth-order valence-electron chi connectivity index (χ4n) is 2.37. The SMILES string of the molecule is c1ccc(Oc2cc(Oc3ccccc3)nc(NSc3ccccc3)n2)cc1. The lowest BCUT2D eigenvalue weighted by molar-refractivity contribution is 0.435. The monoisotopic (exact) mass is 387 g/mol. The molecule has 1 aromatic heterocycles. The lowest BCUT2D eigenvalue weighted by Gasteiger charge is -2.11. The number of hydrogen-bond donors (Lipinski definition) is 1. The van der Waals surface area contributed by atoms with E-state index in [0.717, 1.165) is 4.90 Å². The van der Waals surface area contributed by atoms with Crippen LogP contribution < -0.4 is 14.2 Å². The molecule has 5 nitrogen and oxygen atoms in total. The van der Waals surface area contributed by atoms with Crippen molar-refractivity contribution in [3.8, 4) is 23.3 Å². The molecule has 1 N–H and O–H groups in total. The molecule has 28 heavy (non-hydrogen) atoms. The topological polar surface area (TPSA) is 56.3 Å². The zero-order valence-electron chi connectivity index (χ0n) is 14.9. The first-order valence-electron chi connectivity index (χ1n) is 8.68. The first kappa shape index (κ1) is 17.9. The first-order chi connectivity index (χ1) is 13.8. The maximum Gasteiger partial charge on any atom is 0.239 e. The van der Waals surface area contributed by atoms with Crippen LogP contribution in [-0.4, -0.2) is 9.97 Å². The lowest BCUT2D eigenvalue weighted by Crippen LogP contribution is -1.99. The third-order valence-corrected chi connectivity index (χ3v) is 4.41. The van der Waals surface area contributed by atoms with Crippen LogP contribution in [0.15, 0.2) is 102 Å². The van der Waals surface area contributed by atoms with Gasteiger partial charge in [-0.15, -0.1) is 0 Å². The van der Waals surface area contributed by atoms with Crippen LogP contribution in [0.25, 0.3) is 0 Å².